The van der Waals surface area contributed by atoms with E-state index >= 15 is 0 Å². The standard InChI is InChI=1S/C15H17N3/c1-17-10-12-18(13-11-17)15-7-5-14(6-8-15)4-2-3-9-16/h5-8H,3,10-13H2,1H3. The molecule has 0 N–H and O–H groups in total. The summed E-state index contributed by atoms with van der Waals surface area (Å²) in [5, 5.41) is 8.42. The summed E-state index contributed by atoms with van der Waals surface area (Å²) in [6.07, 6.45) is 0.292. The van der Waals surface area contributed by atoms with Crippen molar-refractivity contribution in [2.45, 2.75) is 6.42 Å². The van der Waals surface area contributed by atoms with Gasteiger partial charge in [-0.3, -0.25) is 0 Å². The maximum Gasteiger partial charge on any atom is 0.0966 e. The molecule has 0 unspecified atom stereocenters. The molecule has 1 fully saturated rings. The van der Waals surface area contributed by atoms with Crippen LogP contribution in [-0.2, 0) is 0 Å². The van der Waals surface area contributed by atoms with Crippen LogP contribution in [0.2, 0.25) is 0 Å². The van der Waals surface area contributed by atoms with Crippen LogP contribution in [0.3, 0.4) is 0 Å². The van der Waals surface area contributed by atoms with Crippen molar-refractivity contribution in [2.75, 3.05) is 38.1 Å². The van der Waals surface area contributed by atoms with Gasteiger partial charge in [-0.25, -0.2) is 0 Å². The second-order valence-corrected chi connectivity index (χ2v) is 4.47. The molecule has 3 heteroatoms. The third kappa shape index (κ3) is 3.26. The Balaban J connectivity index is 2.00. The fourth-order valence-electron chi connectivity index (χ4n) is 2.01. The molecule has 1 heterocycles. The van der Waals surface area contributed by atoms with E-state index in [1.54, 1.807) is 0 Å². The zero-order valence-electron chi connectivity index (χ0n) is 10.7. The van der Waals surface area contributed by atoms with Crippen LogP contribution in [0.15, 0.2) is 24.3 Å². The fourth-order valence-corrected chi connectivity index (χ4v) is 2.01. The number of piperazine rings is 1. The van der Waals surface area contributed by atoms with Gasteiger partial charge in [0.05, 0.1) is 12.5 Å². The van der Waals surface area contributed by atoms with Gasteiger partial charge in [0.2, 0.25) is 0 Å². The molecular weight excluding hydrogens is 222 g/mol. The van der Waals surface area contributed by atoms with Crippen LogP contribution in [-0.4, -0.2) is 38.1 Å². The predicted octanol–water partition coefficient (Wildman–Crippen LogP) is 1.70. The zero-order valence-corrected chi connectivity index (χ0v) is 10.7. The molecule has 1 aromatic carbocycles. The second kappa shape index (κ2) is 6.10. The predicted molar refractivity (Wildman–Crippen MR) is 73.3 cm³/mol. The number of rotatable bonds is 1. The molecule has 92 valence electrons. The minimum atomic E-state index is 0.292. The first-order chi connectivity index (χ1) is 8.79. The molecule has 0 radical (unpaired) electrons. The van der Waals surface area contributed by atoms with Crippen LogP contribution in [0.1, 0.15) is 12.0 Å². The molecule has 0 aliphatic carbocycles. The first kappa shape index (κ1) is 12.5. The highest BCUT2D eigenvalue weighted by Gasteiger charge is 2.13. The molecule has 2 rings (SSSR count). The first-order valence-corrected chi connectivity index (χ1v) is 6.19. The summed E-state index contributed by atoms with van der Waals surface area (Å²) in [4.78, 5) is 4.74. The highest BCUT2D eigenvalue weighted by Crippen LogP contribution is 2.16. The lowest BCUT2D eigenvalue weighted by molar-refractivity contribution is 0.313. The highest BCUT2D eigenvalue weighted by molar-refractivity contribution is 5.51. The Labute approximate surface area is 109 Å². The Hall–Kier alpha value is -1.97. The van der Waals surface area contributed by atoms with E-state index in [-0.39, 0.29) is 0 Å². The fraction of sp³-hybridized carbons (Fsp3) is 0.400. The Bertz CT molecular complexity index is 479. The van der Waals surface area contributed by atoms with Gasteiger partial charge in [-0.05, 0) is 31.3 Å². The minimum Gasteiger partial charge on any atom is -0.369 e. The average Bonchev–Trinajstić information content (AvgIpc) is 2.41. The number of hydrogen-bond acceptors (Lipinski definition) is 3. The lowest BCUT2D eigenvalue weighted by Gasteiger charge is -2.34. The highest BCUT2D eigenvalue weighted by atomic mass is 15.2. The van der Waals surface area contributed by atoms with Crippen molar-refractivity contribution >= 4 is 5.69 Å². The van der Waals surface area contributed by atoms with E-state index in [1.165, 1.54) is 5.69 Å². The normalized spacial score (nSPS) is 15.7. The molecule has 1 aliphatic heterocycles. The molecule has 0 bridgehead atoms. The lowest BCUT2D eigenvalue weighted by Crippen LogP contribution is -2.44. The first-order valence-electron chi connectivity index (χ1n) is 6.19. The van der Waals surface area contributed by atoms with E-state index in [0.717, 1.165) is 31.7 Å². The summed E-state index contributed by atoms with van der Waals surface area (Å²) in [5.41, 5.74) is 2.23. The van der Waals surface area contributed by atoms with E-state index in [2.05, 4.69) is 40.8 Å². The van der Waals surface area contributed by atoms with Gasteiger partial charge >= 0.3 is 0 Å². The van der Waals surface area contributed by atoms with Crippen molar-refractivity contribution < 1.29 is 0 Å². The minimum absolute atomic E-state index is 0.292. The third-order valence-electron chi connectivity index (χ3n) is 3.14. The van der Waals surface area contributed by atoms with Crippen molar-refractivity contribution in [1.29, 1.82) is 5.26 Å². The van der Waals surface area contributed by atoms with Crippen LogP contribution in [0.25, 0.3) is 0 Å². The Morgan fingerprint density at radius 2 is 1.78 bits per heavy atom. The largest absolute Gasteiger partial charge is 0.369 e. The summed E-state index contributed by atoms with van der Waals surface area (Å²) >= 11 is 0. The molecule has 1 aliphatic rings. The average molecular weight is 239 g/mol. The topological polar surface area (TPSA) is 30.3 Å². The number of anilines is 1. The van der Waals surface area contributed by atoms with E-state index in [1.807, 2.05) is 18.2 Å². The summed E-state index contributed by atoms with van der Waals surface area (Å²) in [7, 11) is 2.16. The zero-order chi connectivity index (χ0) is 12.8. The lowest BCUT2D eigenvalue weighted by atomic mass is 10.2. The van der Waals surface area contributed by atoms with E-state index in [9.17, 15) is 0 Å². The van der Waals surface area contributed by atoms with Gasteiger partial charge in [-0.1, -0.05) is 11.8 Å². The van der Waals surface area contributed by atoms with Crippen molar-refractivity contribution in [1.82, 2.24) is 4.90 Å². The van der Waals surface area contributed by atoms with Crippen LogP contribution in [0.4, 0.5) is 5.69 Å². The second-order valence-electron chi connectivity index (χ2n) is 4.47. The quantitative estimate of drug-likeness (QED) is 0.699. The number of likely N-dealkylation sites (N-methyl/N-ethyl adjacent to an activating group) is 1. The van der Waals surface area contributed by atoms with Gasteiger partial charge in [-0.15, -0.1) is 0 Å². The number of hydrogen-bond donors (Lipinski definition) is 0. The molecule has 1 saturated heterocycles. The SMILES string of the molecule is CN1CCN(c2ccc(C#CCC#N)cc2)CC1. The number of nitriles is 1. The molecule has 18 heavy (non-hydrogen) atoms. The monoisotopic (exact) mass is 239 g/mol. The Morgan fingerprint density at radius 3 is 2.39 bits per heavy atom. The Morgan fingerprint density at radius 1 is 1.11 bits per heavy atom. The van der Waals surface area contributed by atoms with E-state index < -0.39 is 0 Å². The smallest absolute Gasteiger partial charge is 0.0966 e. The molecule has 0 aromatic heterocycles. The summed E-state index contributed by atoms with van der Waals surface area (Å²) in [6, 6.07) is 10.3. The summed E-state index contributed by atoms with van der Waals surface area (Å²) in [6.45, 7) is 4.39. The van der Waals surface area contributed by atoms with Gasteiger partial charge in [0.1, 0.15) is 0 Å². The summed E-state index contributed by atoms with van der Waals surface area (Å²) in [5.74, 6) is 5.81. The number of benzene rings is 1. The van der Waals surface area contributed by atoms with Crippen molar-refractivity contribution in [3.8, 4) is 17.9 Å². The molecule has 3 nitrogen and oxygen atoms in total. The molecule has 0 atom stereocenters. The molecule has 1 aromatic rings. The van der Waals surface area contributed by atoms with Crippen molar-refractivity contribution in [3.05, 3.63) is 29.8 Å². The number of nitrogens with zero attached hydrogens (tertiary/aromatic N) is 3. The summed E-state index contributed by atoms with van der Waals surface area (Å²) < 4.78 is 0. The van der Waals surface area contributed by atoms with Gasteiger partial charge in [0, 0.05) is 37.4 Å². The molecule has 0 saturated carbocycles. The van der Waals surface area contributed by atoms with E-state index in [4.69, 9.17) is 5.26 Å². The molecular formula is C15H17N3. The van der Waals surface area contributed by atoms with Crippen LogP contribution in [0, 0.1) is 23.2 Å². The maximum absolute atomic E-state index is 8.42. The Kier molecular flexibility index (Phi) is 4.23. The molecule has 0 amide bonds. The van der Waals surface area contributed by atoms with Crippen LogP contribution >= 0.6 is 0 Å². The van der Waals surface area contributed by atoms with Crippen molar-refractivity contribution in [2.24, 2.45) is 0 Å². The van der Waals surface area contributed by atoms with E-state index in [0.29, 0.717) is 6.42 Å². The maximum atomic E-state index is 8.42. The van der Waals surface area contributed by atoms with Gasteiger partial charge in [-0.2, -0.15) is 5.26 Å². The van der Waals surface area contributed by atoms with Crippen LogP contribution in [0.5, 0.6) is 0 Å². The molecule has 0 spiro atoms. The third-order valence-corrected chi connectivity index (χ3v) is 3.14. The van der Waals surface area contributed by atoms with Gasteiger partial charge in [0.15, 0.2) is 0 Å². The van der Waals surface area contributed by atoms with Crippen LogP contribution < -0.4 is 4.90 Å². The van der Waals surface area contributed by atoms with Gasteiger partial charge in [0.25, 0.3) is 0 Å². The van der Waals surface area contributed by atoms with Gasteiger partial charge < -0.3 is 9.80 Å². The van der Waals surface area contributed by atoms with Crippen molar-refractivity contribution in [3.63, 3.8) is 0 Å².